The van der Waals surface area contributed by atoms with Gasteiger partial charge in [-0.05, 0) is 56.2 Å². The Labute approximate surface area is 150 Å². The minimum Gasteiger partial charge on any atom is -0.497 e. The minimum atomic E-state index is -0.400. The van der Waals surface area contributed by atoms with E-state index in [9.17, 15) is 9.59 Å². The monoisotopic (exact) mass is 346 g/mol. The van der Waals surface area contributed by atoms with Crippen LogP contribution in [0.15, 0.2) is 24.3 Å². The highest BCUT2D eigenvalue weighted by Gasteiger charge is 2.31. The summed E-state index contributed by atoms with van der Waals surface area (Å²) in [6.45, 7) is 3.49. The van der Waals surface area contributed by atoms with Gasteiger partial charge in [0.25, 0.3) is 0 Å². The molecule has 1 aromatic rings. The van der Waals surface area contributed by atoms with Gasteiger partial charge in [0.2, 0.25) is 11.8 Å². The lowest BCUT2D eigenvalue weighted by atomic mass is 9.96. The van der Waals surface area contributed by atoms with Gasteiger partial charge in [-0.1, -0.05) is 25.0 Å². The van der Waals surface area contributed by atoms with Crippen molar-refractivity contribution in [3.05, 3.63) is 29.8 Å². The first-order valence-corrected chi connectivity index (χ1v) is 9.20. The number of aryl methyl sites for hydroxylation is 1. The molecule has 0 unspecified atom stereocenters. The van der Waals surface area contributed by atoms with E-state index in [1.54, 1.807) is 7.11 Å². The molecular formula is C20H30N2O3. The van der Waals surface area contributed by atoms with E-state index < -0.39 is 6.04 Å². The van der Waals surface area contributed by atoms with Crippen LogP contribution in [0, 0.1) is 5.92 Å². The Morgan fingerprint density at radius 3 is 2.36 bits per heavy atom. The molecule has 25 heavy (non-hydrogen) atoms. The molecule has 1 saturated carbocycles. The van der Waals surface area contributed by atoms with E-state index in [-0.39, 0.29) is 23.8 Å². The van der Waals surface area contributed by atoms with Crippen molar-refractivity contribution in [1.82, 2.24) is 10.6 Å². The smallest absolute Gasteiger partial charge is 0.243 e. The number of hydrogen-bond acceptors (Lipinski definition) is 3. The van der Waals surface area contributed by atoms with Gasteiger partial charge in [-0.3, -0.25) is 9.59 Å². The standard InChI is InChI=1S/C20H30N2O3/c1-14(8-9-16-10-12-18(25-3)13-11-16)21-20(24)19(22-15(2)23)17-6-4-5-7-17/h10-14,17,19H,4-9H2,1-3H3,(H,21,24)(H,22,23)/t14-,19-/m1/s1. The Hall–Kier alpha value is -2.04. The zero-order chi connectivity index (χ0) is 18.2. The number of benzene rings is 1. The first-order chi connectivity index (χ1) is 12.0. The Kier molecular flexibility index (Phi) is 7.29. The van der Waals surface area contributed by atoms with Crippen LogP contribution in [-0.2, 0) is 16.0 Å². The second-order valence-electron chi connectivity index (χ2n) is 7.02. The molecule has 5 heteroatoms. The fourth-order valence-corrected chi connectivity index (χ4v) is 3.49. The normalized spacial score (nSPS) is 16.9. The first kappa shape index (κ1) is 19.3. The number of hydrogen-bond donors (Lipinski definition) is 2. The lowest BCUT2D eigenvalue weighted by Crippen LogP contribution is -2.51. The van der Waals surface area contributed by atoms with Crippen LogP contribution >= 0.6 is 0 Å². The van der Waals surface area contributed by atoms with E-state index in [4.69, 9.17) is 4.74 Å². The number of amides is 2. The molecule has 1 aromatic carbocycles. The van der Waals surface area contributed by atoms with Crippen molar-refractivity contribution in [2.24, 2.45) is 5.92 Å². The van der Waals surface area contributed by atoms with E-state index in [0.717, 1.165) is 44.3 Å². The average molecular weight is 346 g/mol. The van der Waals surface area contributed by atoms with E-state index in [0.29, 0.717) is 0 Å². The van der Waals surface area contributed by atoms with Gasteiger partial charge < -0.3 is 15.4 Å². The van der Waals surface area contributed by atoms with Crippen LogP contribution in [0.25, 0.3) is 0 Å². The molecule has 2 amide bonds. The zero-order valence-electron chi connectivity index (χ0n) is 15.5. The predicted molar refractivity (Wildman–Crippen MR) is 98.5 cm³/mol. The third kappa shape index (κ3) is 6.07. The predicted octanol–water partition coefficient (Wildman–Crippen LogP) is 2.83. The van der Waals surface area contributed by atoms with Crippen molar-refractivity contribution in [1.29, 1.82) is 0 Å². The summed E-state index contributed by atoms with van der Waals surface area (Å²) in [5, 5.41) is 5.93. The lowest BCUT2D eigenvalue weighted by molar-refractivity contribution is -0.129. The molecule has 0 heterocycles. The first-order valence-electron chi connectivity index (χ1n) is 9.20. The molecule has 0 radical (unpaired) electrons. The Balaban J connectivity index is 1.84. The third-order valence-corrected chi connectivity index (χ3v) is 4.93. The molecule has 1 fully saturated rings. The number of carbonyl (C=O) groups excluding carboxylic acids is 2. The van der Waals surface area contributed by atoms with Gasteiger partial charge in [0, 0.05) is 13.0 Å². The SMILES string of the molecule is COc1ccc(CC[C@@H](C)NC(=O)[C@H](NC(C)=O)C2CCCC2)cc1. The number of methoxy groups -OCH3 is 1. The molecular weight excluding hydrogens is 316 g/mol. The van der Waals surface area contributed by atoms with Crippen molar-refractivity contribution < 1.29 is 14.3 Å². The van der Waals surface area contributed by atoms with E-state index >= 15 is 0 Å². The fraction of sp³-hybridized carbons (Fsp3) is 0.600. The molecule has 1 aliphatic carbocycles. The summed E-state index contributed by atoms with van der Waals surface area (Å²) in [5.74, 6) is 0.916. The van der Waals surface area contributed by atoms with Crippen molar-refractivity contribution in [2.45, 2.75) is 64.5 Å². The van der Waals surface area contributed by atoms with Gasteiger partial charge in [-0.25, -0.2) is 0 Å². The van der Waals surface area contributed by atoms with E-state index in [1.165, 1.54) is 12.5 Å². The topological polar surface area (TPSA) is 67.4 Å². The molecule has 0 aliphatic heterocycles. The van der Waals surface area contributed by atoms with Crippen molar-refractivity contribution in [3.63, 3.8) is 0 Å². The molecule has 0 spiro atoms. The van der Waals surface area contributed by atoms with Crippen LogP contribution in [0.2, 0.25) is 0 Å². The van der Waals surface area contributed by atoms with Crippen LogP contribution in [0.4, 0.5) is 0 Å². The fourth-order valence-electron chi connectivity index (χ4n) is 3.49. The maximum Gasteiger partial charge on any atom is 0.243 e. The molecule has 2 atom stereocenters. The summed E-state index contributed by atoms with van der Waals surface area (Å²) in [7, 11) is 1.66. The summed E-state index contributed by atoms with van der Waals surface area (Å²) < 4.78 is 5.16. The lowest BCUT2D eigenvalue weighted by Gasteiger charge is -2.25. The van der Waals surface area contributed by atoms with Gasteiger partial charge in [0.1, 0.15) is 11.8 Å². The summed E-state index contributed by atoms with van der Waals surface area (Å²) in [6, 6.07) is 7.66. The van der Waals surface area contributed by atoms with E-state index in [1.807, 2.05) is 31.2 Å². The van der Waals surface area contributed by atoms with Crippen molar-refractivity contribution in [2.75, 3.05) is 7.11 Å². The largest absolute Gasteiger partial charge is 0.497 e. The average Bonchev–Trinajstić information content (AvgIpc) is 3.12. The summed E-state index contributed by atoms with van der Waals surface area (Å²) in [5.41, 5.74) is 1.22. The quantitative estimate of drug-likeness (QED) is 0.760. The van der Waals surface area contributed by atoms with Gasteiger partial charge in [-0.15, -0.1) is 0 Å². The van der Waals surface area contributed by atoms with Crippen LogP contribution < -0.4 is 15.4 Å². The van der Waals surface area contributed by atoms with Crippen LogP contribution in [-0.4, -0.2) is 31.0 Å². The molecule has 2 N–H and O–H groups in total. The molecule has 5 nitrogen and oxygen atoms in total. The highest BCUT2D eigenvalue weighted by molar-refractivity contribution is 5.87. The summed E-state index contributed by atoms with van der Waals surface area (Å²) >= 11 is 0. The Bertz CT molecular complexity index is 565. The highest BCUT2D eigenvalue weighted by atomic mass is 16.5. The molecule has 0 saturated heterocycles. The molecule has 138 valence electrons. The Morgan fingerprint density at radius 2 is 1.80 bits per heavy atom. The van der Waals surface area contributed by atoms with Gasteiger partial charge in [-0.2, -0.15) is 0 Å². The number of carbonyl (C=O) groups is 2. The highest BCUT2D eigenvalue weighted by Crippen LogP contribution is 2.28. The molecule has 0 aromatic heterocycles. The maximum absolute atomic E-state index is 12.6. The van der Waals surface area contributed by atoms with Gasteiger partial charge in [0.15, 0.2) is 0 Å². The minimum absolute atomic E-state index is 0.0515. The van der Waals surface area contributed by atoms with Gasteiger partial charge >= 0.3 is 0 Å². The van der Waals surface area contributed by atoms with Crippen molar-refractivity contribution >= 4 is 11.8 Å². The van der Waals surface area contributed by atoms with Crippen LogP contribution in [0.3, 0.4) is 0 Å². The summed E-state index contributed by atoms with van der Waals surface area (Å²) in [6.07, 6.45) is 6.05. The number of rotatable bonds is 8. The zero-order valence-corrected chi connectivity index (χ0v) is 15.5. The van der Waals surface area contributed by atoms with Crippen molar-refractivity contribution in [3.8, 4) is 5.75 Å². The van der Waals surface area contributed by atoms with E-state index in [2.05, 4.69) is 10.6 Å². The second kappa shape index (κ2) is 9.44. The molecule has 2 rings (SSSR count). The Morgan fingerprint density at radius 1 is 1.16 bits per heavy atom. The number of ether oxygens (including phenoxy) is 1. The van der Waals surface area contributed by atoms with Crippen LogP contribution in [0.5, 0.6) is 5.75 Å². The van der Waals surface area contributed by atoms with Crippen LogP contribution in [0.1, 0.15) is 51.5 Å². The third-order valence-electron chi connectivity index (χ3n) is 4.93. The summed E-state index contributed by atoms with van der Waals surface area (Å²) in [4.78, 5) is 24.1. The second-order valence-corrected chi connectivity index (χ2v) is 7.02. The maximum atomic E-state index is 12.6. The molecule has 1 aliphatic rings. The molecule has 0 bridgehead atoms. The van der Waals surface area contributed by atoms with Gasteiger partial charge in [0.05, 0.1) is 7.11 Å². The number of nitrogens with one attached hydrogen (secondary N) is 2.